The van der Waals surface area contributed by atoms with Crippen molar-refractivity contribution in [3.8, 4) is 0 Å². The summed E-state index contributed by atoms with van der Waals surface area (Å²) in [5.41, 5.74) is 0. The molecule has 34 heavy (non-hydrogen) atoms. The minimum absolute atomic E-state index is 1.00. The van der Waals surface area contributed by atoms with Gasteiger partial charge < -0.3 is 9.47 Å². The molecule has 0 aliphatic carbocycles. The first-order chi connectivity index (χ1) is 14.8. The average molecular weight is 549 g/mol. The predicted octanol–water partition coefficient (Wildman–Crippen LogP) is 5.30. The average Bonchev–Trinajstić information content (AvgIpc) is 2.56. The number of rotatable bonds is 7. The third-order valence-electron chi connectivity index (χ3n) is 4.18. The molecule has 0 aromatic carbocycles. The molecule has 0 N–H and O–H groups in total. The molecule has 4 atom stereocenters. The molecule has 1 fully saturated rings. The standard InChI is InChI=1S/C14H12F17NO2/c15-7(13(26,27)28)9(16,17)3-33-4-10(18,19)8(14(29,30)31)32-1-5(11(20,21)22)34-6(2-32)12(23,24)25/h5-8H,1-4H2. The van der Waals surface area contributed by atoms with Crippen molar-refractivity contribution < 1.29 is 84.1 Å². The highest BCUT2D eigenvalue weighted by Gasteiger charge is 2.64. The lowest BCUT2D eigenvalue weighted by Crippen LogP contribution is -2.66. The molecule has 0 spiro atoms. The van der Waals surface area contributed by atoms with Gasteiger partial charge in [-0.1, -0.05) is 0 Å². The molecular weight excluding hydrogens is 537 g/mol. The van der Waals surface area contributed by atoms with Gasteiger partial charge in [-0.3, -0.25) is 4.90 Å². The van der Waals surface area contributed by atoms with Crippen molar-refractivity contribution in [3.63, 3.8) is 0 Å². The number of morpholine rings is 1. The summed E-state index contributed by atoms with van der Waals surface area (Å²) >= 11 is 0. The Hall–Kier alpha value is -1.31. The minimum atomic E-state index is -6.30. The van der Waals surface area contributed by atoms with E-state index in [2.05, 4.69) is 9.47 Å². The van der Waals surface area contributed by atoms with Gasteiger partial charge in [0.1, 0.15) is 13.2 Å². The van der Waals surface area contributed by atoms with Gasteiger partial charge >= 0.3 is 30.6 Å². The summed E-state index contributed by atoms with van der Waals surface area (Å²) in [5.74, 6) is -11.1. The molecule has 0 radical (unpaired) electrons. The Bertz CT molecular complexity index is 645. The molecule has 1 rings (SSSR count). The molecular formula is C14H12F17NO2. The topological polar surface area (TPSA) is 21.7 Å². The number of alkyl halides is 17. The zero-order chi connectivity index (χ0) is 27.1. The zero-order valence-corrected chi connectivity index (χ0v) is 15.8. The molecule has 0 amide bonds. The van der Waals surface area contributed by atoms with Crippen LogP contribution in [0.1, 0.15) is 0 Å². The molecule has 1 aliphatic heterocycles. The molecule has 0 bridgehead atoms. The van der Waals surface area contributed by atoms with E-state index >= 15 is 0 Å². The summed E-state index contributed by atoms with van der Waals surface area (Å²) in [5, 5.41) is 0. The molecule has 1 heterocycles. The van der Waals surface area contributed by atoms with Gasteiger partial charge in [-0.15, -0.1) is 0 Å². The normalized spacial score (nSPS) is 24.3. The third kappa shape index (κ3) is 7.85. The van der Waals surface area contributed by atoms with E-state index < -0.39 is 92.2 Å². The van der Waals surface area contributed by atoms with E-state index in [0.29, 0.717) is 0 Å². The molecule has 204 valence electrons. The molecule has 1 saturated heterocycles. The SMILES string of the molecule is FC(C(F)(F)F)C(F)(F)COCC(F)(F)C(N1CC(C(F)(F)F)OC(C(F)(F)F)C1)C(F)(F)F. The number of hydrogen-bond donors (Lipinski definition) is 0. The fourth-order valence-electron chi connectivity index (χ4n) is 2.79. The fourth-order valence-corrected chi connectivity index (χ4v) is 2.79. The molecule has 20 heteroatoms. The van der Waals surface area contributed by atoms with E-state index in [9.17, 15) is 74.6 Å². The monoisotopic (exact) mass is 549 g/mol. The van der Waals surface area contributed by atoms with Crippen molar-refractivity contribution in [2.45, 2.75) is 61.0 Å². The second-order valence-corrected chi connectivity index (χ2v) is 7.01. The van der Waals surface area contributed by atoms with Gasteiger partial charge in [0.15, 0.2) is 18.2 Å². The summed E-state index contributed by atoms with van der Waals surface area (Å²) in [4.78, 5) is -1.00. The van der Waals surface area contributed by atoms with Crippen molar-refractivity contribution in [1.29, 1.82) is 0 Å². The van der Waals surface area contributed by atoms with Crippen LogP contribution in [-0.2, 0) is 9.47 Å². The van der Waals surface area contributed by atoms with Crippen LogP contribution in [-0.4, -0.2) is 92.2 Å². The molecule has 0 aromatic heterocycles. The first-order valence-corrected chi connectivity index (χ1v) is 8.44. The Balaban J connectivity index is 3.17. The molecule has 0 aromatic rings. The van der Waals surface area contributed by atoms with Gasteiger partial charge in [0.05, 0.1) is 0 Å². The van der Waals surface area contributed by atoms with E-state index in [-0.39, 0.29) is 0 Å². The second-order valence-electron chi connectivity index (χ2n) is 7.01. The Morgan fingerprint density at radius 3 is 1.35 bits per heavy atom. The van der Waals surface area contributed by atoms with Crippen LogP contribution >= 0.6 is 0 Å². The Labute approximate surface area is 177 Å². The van der Waals surface area contributed by atoms with Gasteiger partial charge in [0, 0.05) is 13.1 Å². The fraction of sp³-hybridized carbons (Fsp3) is 1.00. The maximum Gasteiger partial charge on any atom is 0.425 e. The van der Waals surface area contributed by atoms with Gasteiger partial charge in [-0.05, 0) is 0 Å². The Kier molecular flexibility index (Phi) is 8.70. The van der Waals surface area contributed by atoms with E-state index in [4.69, 9.17) is 0 Å². The zero-order valence-electron chi connectivity index (χ0n) is 15.8. The summed E-state index contributed by atoms with van der Waals surface area (Å²) < 4.78 is 227. The van der Waals surface area contributed by atoms with Crippen molar-refractivity contribution in [2.75, 3.05) is 26.3 Å². The van der Waals surface area contributed by atoms with Crippen LogP contribution in [0.15, 0.2) is 0 Å². The second kappa shape index (κ2) is 9.62. The van der Waals surface area contributed by atoms with Crippen LogP contribution in [0.2, 0.25) is 0 Å². The van der Waals surface area contributed by atoms with Crippen LogP contribution in [0.4, 0.5) is 74.6 Å². The van der Waals surface area contributed by atoms with Crippen molar-refractivity contribution in [3.05, 3.63) is 0 Å². The third-order valence-corrected chi connectivity index (χ3v) is 4.18. The summed E-state index contributed by atoms with van der Waals surface area (Å²) in [6.45, 7) is -10.1. The smallest absolute Gasteiger partial charge is 0.369 e. The Morgan fingerprint density at radius 1 is 0.647 bits per heavy atom. The highest BCUT2D eigenvalue weighted by atomic mass is 19.4. The van der Waals surface area contributed by atoms with Crippen molar-refractivity contribution in [2.24, 2.45) is 0 Å². The maximum atomic E-state index is 14.2. The van der Waals surface area contributed by atoms with E-state index in [1.165, 1.54) is 0 Å². The van der Waals surface area contributed by atoms with Crippen molar-refractivity contribution in [1.82, 2.24) is 4.90 Å². The van der Waals surface area contributed by atoms with Crippen LogP contribution in [0, 0.1) is 0 Å². The van der Waals surface area contributed by atoms with Crippen LogP contribution in [0.5, 0.6) is 0 Å². The predicted molar refractivity (Wildman–Crippen MR) is 73.9 cm³/mol. The van der Waals surface area contributed by atoms with Gasteiger partial charge in [0.2, 0.25) is 0 Å². The Morgan fingerprint density at radius 2 is 1.03 bits per heavy atom. The maximum absolute atomic E-state index is 14.2. The molecule has 0 saturated carbocycles. The highest BCUT2D eigenvalue weighted by Crippen LogP contribution is 2.42. The number of hydrogen-bond acceptors (Lipinski definition) is 3. The highest BCUT2D eigenvalue weighted by molar-refractivity contribution is 4.97. The quantitative estimate of drug-likeness (QED) is 0.403. The summed E-state index contributed by atoms with van der Waals surface area (Å²) in [6, 6.07) is -4.50. The number of halogens is 17. The first-order valence-electron chi connectivity index (χ1n) is 8.44. The van der Waals surface area contributed by atoms with Crippen LogP contribution < -0.4 is 0 Å². The first kappa shape index (κ1) is 30.7. The van der Waals surface area contributed by atoms with E-state index in [1.807, 2.05) is 0 Å². The summed E-state index contributed by atoms with van der Waals surface area (Å²) in [6.07, 6.45) is -36.3. The van der Waals surface area contributed by atoms with Crippen LogP contribution in [0.25, 0.3) is 0 Å². The lowest BCUT2D eigenvalue weighted by molar-refractivity contribution is -0.331. The molecule has 3 nitrogen and oxygen atoms in total. The van der Waals surface area contributed by atoms with E-state index in [1.54, 1.807) is 0 Å². The summed E-state index contributed by atoms with van der Waals surface area (Å²) in [7, 11) is 0. The minimum Gasteiger partial charge on any atom is -0.369 e. The lowest BCUT2D eigenvalue weighted by Gasteiger charge is -2.44. The van der Waals surface area contributed by atoms with Gasteiger partial charge in [-0.2, -0.15) is 52.7 Å². The number of nitrogens with zero attached hydrogens (tertiary/aromatic N) is 1. The lowest BCUT2D eigenvalue weighted by atomic mass is 10.0. The van der Waals surface area contributed by atoms with Crippen LogP contribution in [0.3, 0.4) is 0 Å². The largest absolute Gasteiger partial charge is 0.425 e. The van der Waals surface area contributed by atoms with Gasteiger partial charge in [-0.25, -0.2) is 22.0 Å². The van der Waals surface area contributed by atoms with Crippen molar-refractivity contribution >= 4 is 0 Å². The molecule has 1 aliphatic rings. The van der Waals surface area contributed by atoms with Gasteiger partial charge in [0.25, 0.3) is 12.1 Å². The molecule has 4 unspecified atom stereocenters. The number of ether oxygens (including phenoxy) is 2. The van der Waals surface area contributed by atoms with E-state index in [0.717, 1.165) is 0 Å².